The Hall–Kier alpha value is -3.10. The Morgan fingerprint density at radius 1 is 0.412 bits per heavy atom. The van der Waals surface area contributed by atoms with Gasteiger partial charge in [-0.1, -0.05) is 328 Å². The maximum atomic E-state index is 13.1. The van der Waals surface area contributed by atoms with E-state index in [1.807, 2.05) is 27.2 Å². The lowest BCUT2D eigenvalue weighted by Gasteiger charge is -2.25. The van der Waals surface area contributed by atoms with Gasteiger partial charge in [-0.05, 0) is 89.9 Å². The minimum Gasteiger partial charge on any atom is -0.387 e. The van der Waals surface area contributed by atoms with E-state index in [-0.39, 0.29) is 19.1 Å². The molecule has 0 aliphatic rings. The van der Waals surface area contributed by atoms with Gasteiger partial charge in [-0.3, -0.25) is 13.8 Å². The zero-order chi connectivity index (χ0) is 61.9. The highest BCUT2D eigenvalue weighted by Crippen LogP contribution is 2.43. The van der Waals surface area contributed by atoms with Crippen molar-refractivity contribution in [2.75, 3.05) is 40.9 Å². The van der Waals surface area contributed by atoms with Crippen LogP contribution in [0, 0.1) is 0 Å². The van der Waals surface area contributed by atoms with Gasteiger partial charge in [0.05, 0.1) is 39.9 Å². The van der Waals surface area contributed by atoms with Crippen LogP contribution in [0.25, 0.3) is 0 Å². The molecule has 0 aromatic heterocycles. The standard InChI is InChI=1S/C76H135N2O6P/c1-6-8-10-12-14-16-18-20-22-24-26-28-30-32-33-34-35-36-37-38-39-40-41-42-43-44-45-46-48-50-52-54-56-58-60-62-64-66-68-70-76(80)77-74(73-84-85(81,82)83-72-71-78(3,4)5)75(79)69-67-65-63-61-59-57-55-53-51-49-47-31-29-27-25-23-21-19-17-15-13-11-9-7-2/h8,10,14,16,20,22,26,28,32-33,35-36,38-39,41-42,44-45,67,69,74-75,79H,6-7,9,11-13,15,17-19,21,23-25,27,29-31,34,37,40,43,46-66,68,70-73H2,1-5H3,(H-,77,80,81,82)/p+1/b10-8-,16-14-,22-20-,28-26-,33-32-,36-35-,39-38-,42-41-,45-44-,69-67+. The molecule has 0 aliphatic heterocycles. The van der Waals surface area contributed by atoms with E-state index in [0.29, 0.717) is 17.4 Å². The third-order valence-corrected chi connectivity index (χ3v) is 16.4. The molecule has 0 bridgehead atoms. The van der Waals surface area contributed by atoms with Crippen LogP contribution >= 0.6 is 7.82 Å². The van der Waals surface area contributed by atoms with Gasteiger partial charge in [-0.15, -0.1) is 0 Å². The number of likely N-dealkylation sites (N-methyl/N-ethyl adjacent to an activating group) is 1. The second kappa shape index (κ2) is 65.3. The fraction of sp³-hybridized carbons (Fsp3) is 0.724. The topological polar surface area (TPSA) is 105 Å². The number of aliphatic hydroxyl groups is 1. The molecular formula is C76H136N2O6P+. The predicted octanol–water partition coefficient (Wildman–Crippen LogP) is 22.8. The van der Waals surface area contributed by atoms with Gasteiger partial charge < -0.3 is 19.8 Å². The first-order chi connectivity index (χ1) is 41.5. The lowest BCUT2D eigenvalue weighted by molar-refractivity contribution is -0.870. The molecule has 0 rings (SSSR count). The highest BCUT2D eigenvalue weighted by molar-refractivity contribution is 7.47. The van der Waals surface area contributed by atoms with Crippen molar-refractivity contribution in [1.29, 1.82) is 0 Å². The summed E-state index contributed by atoms with van der Waals surface area (Å²) in [5.41, 5.74) is 0. The number of nitrogens with one attached hydrogen (secondary N) is 1. The molecule has 490 valence electrons. The molecule has 0 aromatic carbocycles. The van der Waals surface area contributed by atoms with Crippen LogP contribution in [-0.2, 0) is 18.4 Å². The second-order valence-corrected chi connectivity index (χ2v) is 26.3. The number of carbonyl (C=O) groups is 1. The Labute approximate surface area is 526 Å². The monoisotopic (exact) mass is 1200 g/mol. The number of nitrogens with zero attached hydrogens (tertiary/aromatic N) is 1. The fourth-order valence-electron chi connectivity index (χ4n) is 9.98. The number of hydrogen-bond acceptors (Lipinski definition) is 5. The number of unbranched alkanes of at least 4 members (excludes halogenated alkanes) is 33. The number of carbonyl (C=O) groups excluding carboxylic acids is 1. The third kappa shape index (κ3) is 68.3. The number of amides is 1. The summed E-state index contributed by atoms with van der Waals surface area (Å²) in [5.74, 6) is -0.181. The summed E-state index contributed by atoms with van der Waals surface area (Å²) >= 11 is 0. The average Bonchev–Trinajstić information content (AvgIpc) is 3.49. The normalized spacial score (nSPS) is 14.4. The van der Waals surface area contributed by atoms with Crippen LogP contribution < -0.4 is 5.32 Å². The molecule has 0 saturated carbocycles. The zero-order valence-corrected chi connectivity index (χ0v) is 57.0. The summed E-state index contributed by atoms with van der Waals surface area (Å²) in [6.07, 6.45) is 97.6. The number of aliphatic hydroxyl groups excluding tert-OH is 1. The Morgan fingerprint density at radius 3 is 1.04 bits per heavy atom. The van der Waals surface area contributed by atoms with Crippen LogP contribution in [-0.4, -0.2) is 73.4 Å². The SMILES string of the molecule is CC/C=C\C/C=C\C/C=C\C/C=C\C/C=C\C/C=C\C/C=C\C/C=C\C/C=C\CCCCCCCCCCCCCC(=O)NC(COP(=O)(O)OCC[N+](C)(C)C)C(O)/C=C/CCCCCCCCCCCCCCCCCCCCCCCC. The quantitative estimate of drug-likeness (QED) is 0.0243. The molecule has 3 atom stereocenters. The van der Waals surface area contributed by atoms with Gasteiger partial charge in [0.2, 0.25) is 5.91 Å². The molecule has 3 unspecified atom stereocenters. The minimum atomic E-state index is -4.36. The average molecular weight is 1200 g/mol. The Kier molecular flexibility index (Phi) is 63.0. The van der Waals surface area contributed by atoms with Crippen LogP contribution in [0.3, 0.4) is 0 Å². The maximum Gasteiger partial charge on any atom is 0.472 e. The van der Waals surface area contributed by atoms with Gasteiger partial charge in [0, 0.05) is 6.42 Å². The highest BCUT2D eigenvalue weighted by atomic mass is 31.2. The molecule has 1 amide bonds. The van der Waals surface area contributed by atoms with Crippen LogP contribution in [0.5, 0.6) is 0 Å². The van der Waals surface area contributed by atoms with Crippen molar-refractivity contribution < 1.29 is 32.9 Å². The van der Waals surface area contributed by atoms with Gasteiger partial charge in [0.25, 0.3) is 0 Å². The molecule has 0 aromatic rings. The summed E-state index contributed by atoms with van der Waals surface area (Å²) in [5, 5.41) is 14.0. The van der Waals surface area contributed by atoms with E-state index >= 15 is 0 Å². The number of phosphoric ester groups is 1. The largest absolute Gasteiger partial charge is 0.472 e. The molecule has 0 heterocycles. The van der Waals surface area contributed by atoms with Gasteiger partial charge in [0.1, 0.15) is 13.2 Å². The van der Waals surface area contributed by atoms with Crippen LogP contribution in [0.15, 0.2) is 122 Å². The molecule has 3 N–H and O–H groups in total. The van der Waals surface area contributed by atoms with E-state index in [1.165, 1.54) is 186 Å². The molecular weight excluding hydrogens is 1070 g/mol. The molecule has 0 saturated heterocycles. The molecule has 0 aliphatic carbocycles. The van der Waals surface area contributed by atoms with E-state index < -0.39 is 20.0 Å². The van der Waals surface area contributed by atoms with Crippen LogP contribution in [0.1, 0.15) is 303 Å². The minimum absolute atomic E-state index is 0.0567. The summed E-state index contributed by atoms with van der Waals surface area (Å²) in [4.78, 5) is 23.4. The smallest absolute Gasteiger partial charge is 0.387 e. The van der Waals surface area contributed by atoms with Gasteiger partial charge >= 0.3 is 7.82 Å². The summed E-state index contributed by atoms with van der Waals surface area (Å²) < 4.78 is 23.8. The van der Waals surface area contributed by atoms with Crippen molar-refractivity contribution in [2.45, 2.75) is 315 Å². The maximum absolute atomic E-state index is 13.1. The molecule has 8 nitrogen and oxygen atoms in total. The lowest BCUT2D eigenvalue weighted by atomic mass is 10.0. The molecule has 0 fully saturated rings. The van der Waals surface area contributed by atoms with Crippen molar-refractivity contribution >= 4 is 13.7 Å². The van der Waals surface area contributed by atoms with Crippen molar-refractivity contribution in [2.24, 2.45) is 0 Å². The van der Waals surface area contributed by atoms with E-state index in [0.717, 1.165) is 96.3 Å². The molecule has 9 heteroatoms. The first-order valence-corrected chi connectivity index (χ1v) is 36.9. The summed E-state index contributed by atoms with van der Waals surface area (Å²) in [7, 11) is 1.57. The van der Waals surface area contributed by atoms with E-state index in [1.54, 1.807) is 6.08 Å². The van der Waals surface area contributed by atoms with E-state index in [9.17, 15) is 19.4 Å². The second-order valence-electron chi connectivity index (χ2n) is 24.9. The van der Waals surface area contributed by atoms with Crippen molar-refractivity contribution in [1.82, 2.24) is 5.32 Å². The summed E-state index contributed by atoms with van der Waals surface area (Å²) in [6, 6.07) is -0.857. The van der Waals surface area contributed by atoms with Crippen molar-refractivity contribution in [3.63, 3.8) is 0 Å². The van der Waals surface area contributed by atoms with Crippen LogP contribution in [0.4, 0.5) is 0 Å². The third-order valence-electron chi connectivity index (χ3n) is 15.4. The van der Waals surface area contributed by atoms with Gasteiger partial charge in [-0.25, -0.2) is 4.57 Å². The number of hydrogen-bond donors (Lipinski definition) is 3. The fourth-order valence-corrected chi connectivity index (χ4v) is 10.7. The lowest BCUT2D eigenvalue weighted by Crippen LogP contribution is -2.45. The first kappa shape index (κ1) is 81.9. The Bertz CT molecular complexity index is 1800. The number of allylic oxidation sites excluding steroid dienone is 19. The summed E-state index contributed by atoms with van der Waals surface area (Å²) in [6.45, 7) is 4.72. The number of rotatable bonds is 64. The van der Waals surface area contributed by atoms with E-state index in [4.69, 9.17) is 9.05 Å². The van der Waals surface area contributed by atoms with Gasteiger partial charge in [-0.2, -0.15) is 0 Å². The number of quaternary nitrogens is 1. The van der Waals surface area contributed by atoms with Crippen LogP contribution in [0.2, 0.25) is 0 Å². The number of phosphoric acid groups is 1. The van der Waals surface area contributed by atoms with E-state index in [2.05, 4.69) is 129 Å². The zero-order valence-electron chi connectivity index (χ0n) is 56.1. The van der Waals surface area contributed by atoms with Gasteiger partial charge in [0.15, 0.2) is 0 Å². The Balaban J connectivity index is 4.11. The van der Waals surface area contributed by atoms with Crippen molar-refractivity contribution in [3.8, 4) is 0 Å². The first-order valence-electron chi connectivity index (χ1n) is 35.4. The Morgan fingerprint density at radius 2 is 0.706 bits per heavy atom. The highest BCUT2D eigenvalue weighted by Gasteiger charge is 2.28. The molecule has 85 heavy (non-hydrogen) atoms. The predicted molar refractivity (Wildman–Crippen MR) is 373 cm³/mol. The molecule has 0 radical (unpaired) electrons. The van der Waals surface area contributed by atoms with Crippen molar-refractivity contribution in [3.05, 3.63) is 122 Å². The molecule has 0 spiro atoms.